The second kappa shape index (κ2) is 6.48. The summed E-state index contributed by atoms with van der Waals surface area (Å²) >= 11 is 0. The van der Waals surface area contributed by atoms with Crippen molar-refractivity contribution in [2.75, 3.05) is 11.9 Å². The van der Waals surface area contributed by atoms with E-state index >= 15 is 0 Å². The molecule has 0 fully saturated rings. The van der Waals surface area contributed by atoms with Gasteiger partial charge in [-0.2, -0.15) is 0 Å². The van der Waals surface area contributed by atoms with Crippen molar-refractivity contribution in [2.45, 2.75) is 20.3 Å². The Morgan fingerprint density at radius 2 is 2.05 bits per heavy atom. The van der Waals surface area contributed by atoms with Gasteiger partial charge in [-0.25, -0.2) is 0 Å². The third kappa shape index (κ3) is 4.06. The van der Waals surface area contributed by atoms with E-state index in [2.05, 4.69) is 10.6 Å². The average Bonchev–Trinajstić information content (AvgIpc) is 2.35. The number of carbonyl (C=O) groups excluding carboxylic acids is 2. The lowest BCUT2D eigenvalue weighted by molar-refractivity contribution is -0.384. The van der Waals surface area contributed by atoms with Crippen molar-refractivity contribution in [1.29, 1.82) is 0 Å². The van der Waals surface area contributed by atoms with Gasteiger partial charge in [0, 0.05) is 25.1 Å². The Bertz CT molecular complexity index is 514. The number of carbonyl (C=O) groups is 2. The standard InChI is InChI=1S/C12H15N3O4/c1-3-6-13-12(17)9-4-5-10(14-8(2)16)11(7-9)15(18)19/h4-5,7H,3,6H2,1-2H3,(H,13,17)(H,14,16). The second-order valence-corrected chi connectivity index (χ2v) is 3.93. The number of nitrogens with one attached hydrogen (secondary N) is 2. The predicted molar refractivity (Wildman–Crippen MR) is 70.0 cm³/mol. The Labute approximate surface area is 110 Å². The predicted octanol–water partition coefficient (Wildman–Crippen LogP) is 1.69. The number of nitro benzene ring substituents is 1. The largest absolute Gasteiger partial charge is 0.352 e. The first-order chi connectivity index (χ1) is 8.95. The van der Waals surface area contributed by atoms with Crippen molar-refractivity contribution in [3.63, 3.8) is 0 Å². The maximum Gasteiger partial charge on any atom is 0.293 e. The number of amides is 2. The van der Waals surface area contributed by atoms with Crippen molar-refractivity contribution in [3.05, 3.63) is 33.9 Å². The lowest BCUT2D eigenvalue weighted by Gasteiger charge is -2.06. The van der Waals surface area contributed by atoms with E-state index in [1.165, 1.54) is 19.1 Å². The van der Waals surface area contributed by atoms with E-state index in [0.717, 1.165) is 12.5 Å². The van der Waals surface area contributed by atoms with Gasteiger partial charge in [-0.05, 0) is 18.6 Å². The third-order valence-electron chi connectivity index (χ3n) is 2.30. The number of rotatable bonds is 5. The van der Waals surface area contributed by atoms with E-state index in [-0.39, 0.29) is 22.8 Å². The van der Waals surface area contributed by atoms with Crippen LogP contribution in [0, 0.1) is 10.1 Å². The highest BCUT2D eigenvalue weighted by Crippen LogP contribution is 2.25. The van der Waals surface area contributed by atoms with Gasteiger partial charge in [0.25, 0.3) is 11.6 Å². The number of hydrogen-bond acceptors (Lipinski definition) is 4. The van der Waals surface area contributed by atoms with E-state index in [0.29, 0.717) is 6.54 Å². The van der Waals surface area contributed by atoms with Crippen LogP contribution in [0.2, 0.25) is 0 Å². The molecule has 1 rings (SSSR count). The van der Waals surface area contributed by atoms with Crippen molar-refractivity contribution in [2.24, 2.45) is 0 Å². The molecule has 0 aliphatic rings. The smallest absolute Gasteiger partial charge is 0.293 e. The van der Waals surface area contributed by atoms with Crippen LogP contribution in [0.4, 0.5) is 11.4 Å². The molecule has 0 spiro atoms. The van der Waals surface area contributed by atoms with Crippen molar-refractivity contribution in [1.82, 2.24) is 5.32 Å². The molecule has 0 heterocycles. The molecule has 0 unspecified atom stereocenters. The van der Waals surface area contributed by atoms with Gasteiger partial charge in [-0.3, -0.25) is 19.7 Å². The van der Waals surface area contributed by atoms with Crippen molar-refractivity contribution < 1.29 is 14.5 Å². The van der Waals surface area contributed by atoms with E-state index in [9.17, 15) is 19.7 Å². The molecule has 2 amide bonds. The fourth-order valence-electron chi connectivity index (χ4n) is 1.46. The van der Waals surface area contributed by atoms with Gasteiger partial charge < -0.3 is 10.6 Å². The summed E-state index contributed by atoms with van der Waals surface area (Å²) in [5.74, 6) is -0.786. The van der Waals surface area contributed by atoms with Crippen LogP contribution in [-0.2, 0) is 4.79 Å². The van der Waals surface area contributed by atoms with Crippen LogP contribution in [0.5, 0.6) is 0 Å². The van der Waals surface area contributed by atoms with Gasteiger partial charge in [0.15, 0.2) is 0 Å². The molecule has 0 aromatic heterocycles. The van der Waals surface area contributed by atoms with Crippen LogP contribution in [0.3, 0.4) is 0 Å². The first-order valence-corrected chi connectivity index (χ1v) is 5.80. The third-order valence-corrected chi connectivity index (χ3v) is 2.30. The molecule has 1 aromatic rings. The zero-order chi connectivity index (χ0) is 14.4. The van der Waals surface area contributed by atoms with Crippen LogP contribution < -0.4 is 10.6 Å². The van der Waals surface area contributed by atoms with E-state index in [1.807, 2.05) is 6.92 Å². The van der Waals surface area contributed by atoms with Crippen molar-refractivity contribution >= 4 is 23.2 Å². The quantitative estimate of drug-likeness (QED) is 0.624. The molecule has 0 aliphatic carbocycles. The van der Waals surface area contributed by atoms with Crippen LogP contribution in [0.25, 0.3) is 0 Å². The molecule has 19 heavy (non-hydrogen) atoms. The Hall–Kier alpha value is -2.44. The normalized spacial score (nSPS) is 9.79. The molecule has 0 saturated heterocycles. The van der Waals surface area contributed by atoms with Crippen LogP contribution >= 0.6 is 0 Å². The number of benzene rings is 1. The van der Waals surface area contributed by atoms with Crippen LogP contribution in [0.15, 0.2) is 18.2 Å². The zero-order valence-corrected chi connectivity index (χ0v) is 10.7. The molecule has 7 nitrogen and oxygen atoms in total. The topological polar surface area (TPSA) is 101 Å². The second-order valence-electron chi connectivity index (χ2n) is 3.93. The summed E-state index contributed by atoms with van der Waals surface area (Å²) in [6.45, 7) is 3.66. The molecular formula is C12H15N3O4. The summed E-state index contributed by atoms with van der Waals surface area (Å²) in [7, 11) is 0. The Kier molecular flexibility index (Phi) is 4.99. The average molecular weight is 265 g/mol. The molecule has 1 aromatic carbocycles. The Balaban J connectivity index is 3.05. The maximum absolute atomic E-state index is 11.7. The molecule has 0 atom stereocenters. The number of anilines is 1. The van der Waals surface area contributed by atoms with Crippen LogP contribution in [-0.4, -0.2) is 23.3 Å². The lowest BCUT2D eigenvalue weighted by Crippen LogP contribution is -2.24. The molecule has 0 radical (unpaired) electrons. The summed E-state index contributed by atoms with van der Waals surface area (Å²) in [6.07, 6.45) is 0.776. The molecule has 7 heteroatoms. The molecule has 102 valence electrons. The highest BCUT2D eigenvalue weighted by atomic mass is 16.6. The summed E-state index contributed by atoms with van der Waals surface area (Å²) in [5, 5.41) is 15.9. The van der Waals surface area contributed by atoms with E-state index in [4.69, 9.17) is 0 Å². The molecular weight excluding hydrogens is 250 g/mol. The van der Waals surface area contributed by atoms with Crippen LogP contribution in [0.1, 0.15) is 30.6 Å². The van der Waals surface area contributed by atoms with E-state index < -0.39 is 10.8 Å². The SMILES string of the molecule is CCCNC(=O)c1ccc(NC(C)=O)c([N+](=O)[O-])c1. The minimum atomic E-state index is -0.637. The summed E-state index contributed by atoms with van der Waals surface area (Å²) in [5.41, 5.74) is -0.0434. The number of nitrogens with zero attached hydrogens (tertiary/aromatic N) is 1. The lowest BCUT2D eigenvalue weighted by atomic mass is 10.1. The molecule has 0 aliphatic heterocycles. The highest BCUT2D eigenvalue weighted by molar-refractivity contribution is 5.97. The Morgan fingerprint density at radius 1 is 1.37 bits per heavy atom. The zero-order valence-electron chi connectivity index (χ0n) is 10.7. The summed E-state index contributed by atoms with van der Waals surface area (Å²) in [6, 6.07) is 3.93. The fourth-order valence-corrected chi connectivity index (χ4v) is 1.46. The Morgan fingerprint density at radius 3 is 2.58 bits per heavy atom. The van der Waals surface area contributed by atoms with E-state index in [1.54, 1.807) is 0 Å². The van der Waals surface area contributed by atoms with Gasteiger partial charge in [0.2, 0.25) is 5.91 Å². The molecule has 0 bridgehead atoms. The van der Waals surface area contributed by atoms with Gasteiger partial charge in [-0.1, -0.05) is 6.92 Å². The maximum atomic E-state index is 11.7. The van der Waals surface area contributed by atoms with Gasteiger partial charge in [0.05, 0.1) is 4.92 Å². The minimum Gasteiger partial charge on any atom is -0.352 e. The fraction of sp³-hybridized carbons (Fsp3) is 0.333. The van der Waals surface area contributed by atoms with Crippen molar-refractivity contribution in [3.8, 4) is 0 Å². The van der Waals surface area contributed by atoms with Gasteiger partial charge in [0.1, 0.15) is 5.69 Å². The van der Waals surface area contributed by atoms with Gasteiger partial charge >= 0.3 is 0 Å². The highest BCUT2D eigenvalue weighted by Gasteiger charge is 2.18. The number of nitro groups is 1. The monoisotopic (exact) mass is 265 g/mol. The van der Waals surface area contributed by atoms with Gasteiger partial charge in [-0.15, -0.1) is 0 Å². The molecule has 2 N–H and O–H groups in total. The molecule has 0 saturated carbocycles. The summed E-state index contributed by atoms with van der Waals surface area (Å²) in [4.78, 5) is 32.9. The summed E-state index contributed by atoms with van der Waals surface area (Å²) < 4.78 is 0. The minimum absolute atomic E-state index is 0.0736. The first kappa shape index (κ1) is 14.6. The number of hydrogen-bond donors (Lipinski definition) is 2. The first-order valence-electron chi connectivity index (χ1n) is 5.80.